The summed E-state index contributed by atoms with van der Waals surface area (Å²) in [6.07, 6.45) is 5.50. The molecule has 0 aliphatic carbocycles. The quantitative estimate of drug-likeness (QED) is 0.781. The van der Waals surface area contributed by atoms with Crippen molar-refractivity contribution >= 4 is 33.0 Å². The molecule has 19 heavy (non-hydrogen) atoms. The molecule has 2 rings (SSSR count). The summed E-state index contributed by atoms with van der Waals surface area (Å²) in [4.78, 5) is 11.3. The third kappa shape index (κ3) is 3.01. The topological polar surface area (TPSA) is 111 Å². The number of aromatic nitrogens is 3. The Morgan fingerprint density at radius 2 is 2.05 bits per heavy atom. The molecule has 0 aliphatic rings. The van der Waals surface area contributed by atoms with Crippen LogP contribution in [0.5, 0.6) is 0 Å². The second-order valence-corrected chi connectivity index (χ2v) is 5.50. The van der Waals surface area contributed by atoms with Gasteiger partial charge in [0.1, 0.15) is 15.6 Å². The standard InChI is InChI=1S/C10H9N5O2S2/c11-10(18)9-7(2-1-3-14-9)19(16,17)15-8-6-12-4-5-13-8/h1-6H,(H2,11,18)(H,13,15). The van der Waals surface area contributed by atoms with Gasteiger partial charge >= 0.3 is 0 Å². The second-order valence-electron chi connectivity index (χ2n) is 3.41. The molecule has 9 heteroatoms. The van der Waals surface area contributed by atoms with Gasteiger partial charge in [-0.1, -0.05) is 12.2 Å². The van der Waals surface area contributed by atoms with Crippen LogP contribution in [0.2, 0.25) is 0 Å². The van der Waals surface area contributed by atoms with Gasteiger partial charge in [0.2, 0.25) is 0 Å². The molecule has 0 spiro atoms. The Morgan fingerprint density at radius 3 is 2.68 bits per heavy atom. The van der Waals surface area contributed by atoms with E-state index in [0.29, 0.717) is 0 Å². The largest absolute Gasteiger partial charge is 0.388 e. The monoisotopic (exact) mass is 295 g/mol. The Balaban J connectivity index is 2.43. The maximum Gasteiger partial charge on any atom is 0.265 e. The first kappa shape index (κ1) is 13.3. The SMILES string of the molecule is NC(=S)c1ncccc1S(=O)(=O)Nc1cnccn1. The number of rotatable bonds is 4. The molecule has 0 bridgehead atoms. The lowest BCUT2D eigenvalue weighted by Gasteiger charge is -2.09. The number of nitrogens with one attached hydrogen (secondary N) is 1. The molecule has 0 radical (unpaired) electrons. The first-order valence-electron chi connectivity index (χ1n) is 5.04. The summed E-state index contributed by atoms with van der Waals surface area (Å²) in [7, 11) is -3.87. The zero-order chi connectivity index (χ0) is 13.9. The third-order valence-corrected chi connectivity index (χ3v) is 3.68. The highest BCUT2D eigenvalue weighted by molar-refractivity contribution is 7.93. The highest BCUT2D eigenvalue weighted by Crippen LogP contribution is 2.16. The zero-order valence-corrected chi connectivity index (χ0v) is 11.1. The summed E-state index contributed by atoms with van der Waals surface area (Å²) in [5.41, 5.74) is 5.49. The van der Waals surface area contributed by atoms with E-state index in [-0.39, 0.29) is 21.4 Å². The van der Waals surface area contributed by atoms with Crippen LogP contribution < -0.4 is 10.5 Å². The van der Waals surface area contributed by atoms with Crippen LogP contribution in [0, 0.1) is 0 Å². The fraction of sp³-hybridized carbons (Fsp3) is 0. The number of sulfonamides is 1. The van der Waals surface area contributed by atoms with Crippen molar-refractivity contribution in [1.29, 1.82) is 0 Å². The predicted octanol–water partition coefficient (Wildman–Crippen LogP) is 0.307. The lowest BCUT2D eigenvalue weighted by Crippen LogP contribution is -2.21. The molecule has 0 aliphatic heterocycles. The summed E-state index contributed by atoms with van der Waals surface area (Å²) in [5.74, 6) is 0.0974. The van der Waals surface area contributed by atoms with Gasteiger partial charge in [0.25, 0.3) is 10.0 Å². The zero-order valence-electron chi connectivity index (χ0n) is 9.52. The van der Waals surface area contributed by atoms with Crippen molar-refractivity contribution in [1.82, 2.24) is 15.0 Å². The summed E-state index contributed by atoms with van der Waals surface area (Å²) in [6.45, 7) is 0. The van der Waals surface area contributed by atoms with Crippen LogP contribution in [-0.2, 0) is 10.0 Å². The lowest BCUT2D eigenvalue weighted by molar-refractivity contribution is 0.600. The van der Waals surface area contributed by atoms with E-state index in [9.17, 15) is 8.42 Å². The molecule has 2 aromatic heterocycles. The van der Waals surface area contributed by atoms with Gasteiger partial charge in [-0.2, -0.15) is 0 Å². The van der Waals surface area contributed by atoms with Gasteiger partial charge in [-0.3, -0.25) is 14.7 Å². The van der Waals surface area contributed by atoms with E-state index in [2.05, 4.69) is 19.7 Å². The summed E-state index contributed by atoms with van der Waals surface area (Å²) in [5, 5.41) is 0. The van der Waals surface area contributed by atoms with Crippen molar-refractivity contribution in [2.45, 2.75) is 4.90 Å². The molecule has 0 saturated heterocycles. The van der Waals surface area contributed by atoms with Crippen LogP contribution in [0.3, 0.4) is 0 Å². The van der Waals surface area contributed by atoms with Gasteiger partial charge in [0, 0.05) is 18.6 Å². The number of hydrogen-bond donors (Lipinski definition) is 2. The van der Waals surface area contributed by atoms with Crippen molar-refractivity contribution in [2.75, 3.05) is 4.72 Å². The smallest absolute Gasteiger partial charge is 0.265 e. The van der Waals surface area contributed by atoms with Gasteiger partial charge in [-0.05, 0) is 12.1 Å². The number of thiocarbonyl (C=S) groups is 1. The van der Waals surface area contributed by atoms with E-state index < -0.39 is 10.0 Å². The first-order valence-corrected chi connectivity index (χ1v) is 6.93. The Bertz CT molecular complexity index is 703. The van der Waals surface area contributed by atoms with E-state index in [1.165, 1.54) is 36.9 Å². The second kappa shape index (κ2) is 5.24. The maximum atomic E-state index is 12.2. The van der Waals surface area contributed by atoms with E-state index in [1.54, 1.807) is 0 Å². The Labute approximate surface area is 115 Å². The van der Waals surface area contributed by atoms with Gasteiger partial charge in [0.05, 0.1) is 6.20 Å². The molecular weight excluding hydrogens is 286 g/mol. The molecule has 7 nitrogen and oxygen atoms in total. The Morgan fingerprint density at radius 1 is 1.26 bits per heavy atom. The van der Waals surface area contributed by atoms with E-state index in [0.717, 1.165) is 0 Å². The predicted molar refractivity (Wildman–Crippen MR) is 73.0 cm³/mol. The first-order chi connectivity index (χ1) is 9.00. The van der Waals surface area contributed by atoms with Crippen LogP contribution >= 0.6 is 12.2 Å². The molecule has 2 heterocycles. The van der Waals surface area contributed by atoms with Crippen LogP contribution in [0.25, 0.3) is 0 Å². The summed E-state index contributed by atoms with van der Waals surface area (Å²) >= 11 is 4.78. The van der Waals surface area contributed by atoms with Gasteiger partial charge < -0.3 is 5.73 Å². The molecule has 0 amide bonds. The number of hydrogen-bond acceptors (Lipinski definition) is 6. The fourth-order valence-corrected chi connectivity index (χ4v) is 2.73. The van der Waals surface area contributed by atoms with Crippen molar-refractivity contribution in [2.24, 2.45) is 5.73 Å². The molecule has 0 unspecified atom stereocenters. The highest BCUT2D eigenvalue weighted by atomic mass is 32.2. The summed E-state index contributed by atoms with van der Waals surface area (Å²) in [6, 6.07) is 2.84. The van der Waals surface area contributed by atoms with Gasteiger partial charge in [-0.25, -0.2) is 13.4 Å². The average molecular weight is 295 g/mol. The van der Waals surface area contributed by atoms with E-state index >= 15 is 0 Å². The normalized spacial score (nSPS) is 10.9. The number of pyridine rings is 1. The minimum atomic E-state index is -3.87. The molecule has 0 saturated carbocycles. The minimum absolute atomic E-state index is 0.0360. The number of nitrogens with two attached hydrogens (primary N) is 1. The fourth-order valence-electron chi connectivity index (χ4n) is 1.34. The van der Waals surface area contributed by atoms with E-state index in [1.807, 2.05) is 0 Å². The molecule has 3 N–H and O–H groups in total. The van der Waals surface area contributed by atoms with Crippen molar-refractivity contribution in [3.63, 3.8) is 0 Å². The number of anilines is 1. The van der Waals surface area contributed by atoms with E-state index in [4.69, 9.17) is 18.0 Å². The molecule has 0 fully saturated rings. The van der Waals surface area contributed by atoms with Crippen LogP contribution in [0.4, 0.5) is 5.82 Å². The van der Waals surface area contributed by atoms with Crippen molar-refractivity contribution in [3.05, 3.63) is 42.6 Å². The molecule has 0 atom stereocenters. The maximum absolute atomic E-state index is 12.2. The Kier molecular flexibility index (Phi) is 3.67. The molecular formula is C10H9N5O2S2. The third-order valence-electron chi connectivity index (χ3n) is 2.10. The minimum Gasteiger partial charge on any atom is -0.388 e. The van der Waals surface area contributed by atoms with Gasteiger partial charge in [-0.15, -0.1) is 0 Å². The van der Waals surface area contributed by atoms with Crippen LogP contribution in [0.15, 0.2) is 41.8 Å². The average Bonchev–Trinajstić information content (AvgIpc) is 2.39. The van der Waals surface area contributed by atoms with Crippen molar-refractivity contribution in [3.8, 4) is 0 Å². The summed E-state index contributed by atoms with van der Waals surface area (Å²) < 4.78 is 26.7. The van der Waals surface area contributed by atoms with Crippen LogP contribution in [0.1, 0.15) is 5.69 Å². The van der Waals surface area contributed by atoms with Crippen molar-refractivity contribution < 1.29 is 8.42 Å². The van der Waals surface area contributed by atoms with Gasteiger partial charge in [0.15, 0.2) is 5.82 Å². The number of nitrogens with zero attached hydrogens (tertiary/aromatic N) is 3. The molecule has 0 aromatic carbocycles. The lowest BCUT2D eigenvalue weighted by atomic mass is 10.3. The molecule has 2 aromatic rings. The Hall–Kier alpha value is -2.13. The highest BCUT2D eigenvalue weighted by Gasteiger charge is 2.21. The van der Waals surface area contributed by atoms with Crippen LogP contribution in [-0.4, -0.2) is 28.4 Å². The molecule has 98 valence electrons.